The molecule has 0 N–H and O–H groups in total. The van der Waals surface area contributed by atoms with E-state index in [1.165, 1.54) is 20.3 Å². The normalized spacial score (nSPS) is 10.5. The first-order chi connectivity index (χ1) is 10.2. The van der Waals surface area contributed by atoms with Crippen LogP contribution in [0.5, 0.6) is 23.0 Å². The first kappa shape index (κ1) is 15.0. The van der Waals surface area contributed by atoms with E-state index < -0.39 is 5.63 Å². The van der Waals surface area contributed by atoms with Gasteiger partial charge in [-0.05, 0) is 13.8 Å². The van der Waals surface area contributed by atoms with Gasteiger partial charge < -0.3 is 23.4 Å². The lowest BCUT2D eigenvalue weighted by Gasteiger charge is -2.17. The number of methoxy groups -OCH3 is 2. The predicted molar refractivity (Wildman–Crippen MR) is 77.9 cm³/mol. The van der Waals surface area contributed by atoms with Crippen molar-refractivity contribution in [3.05, 3.63) is 22.6 Å². The largest absolute Gasteiger partial charge is 0.496 e. The lowest BCUT2D eigenvalue weighted by atomic mass is 10.1. The molecule has 0 radical (unpaired) electrons. The Morgan fingerprint density at radius 2 is 1.67 bits per heavy atom. The van der Waals surface area contributed by atoms with Crippen molar-refractivity contribution in [1.82, 2.24) is 0 Å². The second kappa shape index (κ2) is 6.39. The summed E-state index contributed by atoms with van der Waals surface area (Å²) in [4.78, 5) is 11.6. The van der Waals surface area contributed by atoms with Gasteiger partial charge in [0.05, 0.1) is 33.5 Å². The maximum absolute atomic E-state index is 11.6. The summed E-state index contributed by atoms with van der Waals surface area (Å²) in [5, 5.41) is 0.541. The van der Waals surface area contributed by atoms with Crippen molar-refractivity contribution in [3.63, 3.8) is 0 Å². The molecule has 2 aromatic rings. The molecule has 6 nitrogen and oxygen atoms in total. The van der Waals surface area contributed by atoms with E-state index in [4.69, 9.17) is 23.4 Å². The van der Waals surface area contributed by atoms with Crippen LogP contribution in [0, 0.1) is 0 Å². The fraction of sp³-hybridized carbons (Fsp3) is 0.400. The molecule has 0 bridgehead atoms. The average molecular weight is 294 g/mol. The van der Waals surface area contributed by atoms with Crippen molar-refractivity contribution < 1.29 is 23.4 Å². The summed E-state index contributed by atoms with van der Waals surface area (Å²) < 4.78 is 27.1. The van der Waals surface area contributed by atoms with Crippen LogP contribution in [0.1, 0.15) is 13.8 Å². The Morgan fingerprint density at radius 3 is 2.24 bits per heavy atom. The van der Waals surface area contributed by atoms with Gasteiger partial charge in [0.1, 0.15) is 16.7 Å². The third-order valence-electron chi connectivity index (χ3n) is 2.88. The summed E-state index contributed by atoms with van der Waals surface area (Å²) in [6.07, 6.45) is 0. The van der Waals surface area contributed by atoms with Crippen molar-refractivity contribution in [2.45, 2.75) is 13.8 Å². The van der Waals surface area contributed by atoms with Crippen LogP contribution in [0.4, 0.5) is 0 Å². The lowest BCUT2D eigenvalue weighted by Crippen LogP contribution is -2.04. The third kappa shape index (κ3) is 2.74. The fourth-order valence-corrected chi connectivity index (χ4v) is 2.12. The third-order valence-corrected chi connectivity index (χ3v) is 2.88. The highest BCUT2D eigenvalue weighted by atomic mass is 16.5. The molecule has 21 heavy (non-hydrogen) atoms. The summed E-state index contributed by atoms with van der Waals surface area (Å²) in [5.74, 6) is 1.69. The SMILES string of the molecule is CCOc1cc2oc(=O)cc(OC)c2c(OCC)c1OC. The molecule has 114 valence electrons. The van der Waals surface area contributed by atoms with Gasteiger partial charge in [0, 0.05) is 6.07 Å². The van der Waals surface area contributed by atoms with E-state index in [-0.39, 0.29) is 0 Å². The minimum absolute atomic E-state index is 0.326. The summed E-state index contributed by atoms with van der Waals surface area (Å²) in [6, 6.07) is 2.87. The number of rotatable bonds is 6. The van der Waals surface area contributed by atoms with Crippen LogP contribution >= 0.6 is 0 Å². The van der Waals surface area contributed by atoms with E-state index in [1.54, 1.807) is 6.07 Å². The Morgan fingerprint density at radius 1 is 0.952 bits per heavy atom. The predicted octanol–water partition coefficient (Wildman–Crippen LogP) is 2.61. The number of hydrogen-bond donors (Lipinski definition) is 0. The van der Waals surface area contributed by atoms with Gasteiger partial charge in [-0.3, -0.25) is 0 Å². The van der Waals surface area contributed by atoms with Crippen molar-refractivity contribution >= 4 is 11.0 Å². The Bertz CT molecular complexity index is 689. The van der Waals surface area contributed by atoms with Gasteiger partial charge in [0.2, 0.25) is 5.75 Å². The second-order valence-corrected chi connectivity index (χ2v) is 4.11. The van der Waals surface area contributed by atoms with Gasteiger partial charge in [0.25, 0.3) is 0 Å². The van der Waals surface area contributed by atoms with Gasteiger partial charge in [-0.1, -0.05) is 0 Å². The molecule has 0 spiro atoms. The Balaban J connectivity index is 2.88. The van der Waals surface area contributed by atoms with E-state index >= 15 is 0 Å². The standard InChI is InChI=1S/C15H18O6/c1-5-19-11-7-10-13(9(17-3)8-12(16)21-10)15(20-6-2)14(11)18-4/h7-8H,5-6H2,1-4H3. The van der Waals surface area contributed by atoms with Crippen LogP contribution < -0.4 is 24.6 Å². The zero-order chi connectivity index (χ0) is 15.4. The molecule has 0 saturated heterocycles. The number of hydrogen-bond acceptors (Lipinski definition) is 6. The highest BCUT2D eigenvalue weighted by molar-refractivity contribution is 5.94. The fourth-order valence-electron chi connectivity index (χ4n) is 2.12. The van der Waals surface area contributed by atoms with Gasteiger partial charge in [0.15, 0.2) is 11.5 Å². The van der Waals surface area contributed by atoms with Crippen molar-refractivity contribution in [2.75, 3.05) is 27.4 Å². The molecule has 0 aliphatic rings. The molecule has 1 aromatic carbocycles. The molecule has 2 rings (SSSR count). The molecule has 6 heteroatoms. The Kier molecular flexibility index (Phi) is 4.57. The van der Waals surface area contributed by atoms with Crippen LogP contribution in [-0.2, 0) is 0 Å². The molecule has 0 amide bonds. The zero-order valence-corrected chi connectivity index (χ0v) is 12.5. The van der Waals surface area contributed by atoms with Gasteiger partial charge in [-0.15, -0.1) is 0 Å². The maximum Gasteiger partial charge on any atom is 0.339 e. The molecule has 0 atom stereocenters. The minimum Gasteiger partial charge on any atom is -0.496 e. The molecular formula is C15H18O6. The second-order valence-electron chi connectivity index (χ2n) is 4.11. The number of benzene rings is 1. The molecule has 0 fully saturated rings. The van der Waals surface area contributed by atoms with Crippen LogP contribution in [0.2, 0.25) is 0 Å². The molecule has 0 aliphatic heterocycles. The smallest absolute Gasteiger partial charge is 0.339 e. The quantitative estimate of drug-likeness (QED) is 0.763. The van der Waals surface area contributed by atoms with Gasteiger partial charge >= 0.3 is 5.63 Å². The molecule has 1 heterocycles. The molecule has 0 saturated carbocycles. The Labute approximate surface area is 122 Å². The number of fused-ring (bicyclic) bond motifs is 1. The monoisotopic (exact) mass is 294 g/mol. The van der Waals surface area contributed by atoms with Crippen LogP contribution in [-0.4, -0.2) is 27.4 Å². The van der Waals surface area contributed by atoms with Crippen LogP contribution in [0.3, 0.4) is 0 Å². The molecule has 0 unspecified atom stereocenters. The van der Waals surface area contributed by atoms with E-state index in [0.29, 0.717) is 47.2 Å². The Hall–Kier alpha value is -2.37. The zero-order valence-electron chi connectivity index (χ0n) is 12.5. The van der Waals surface area contributed by atoms with E-state index in [9.17, 15) is 4.79 Å². The average Bonchev–Trinajstić information content (AvgIpc) is 2.46. The van der Waals surface area contributed by atoms with Gasteiger partial charge in [-0.2, -0.15) is 0 Å². The summed E-state index contributed by atoms with van der Waals surface area (Å²) in [5.41, 5.74) is -0.179. The molecule has 1 aromatic heterocycles. The topological polar surface area (TPSA) is 67.1 Å². The van der Waals surface area contributed by atoms with Crippen LogP contribution in [0.25, 0.3) is 11.0 Å². The summed E-state index contributed by atoms with van der Waals surface area (Å²) in [6.45, 7) is 4.57. The highest BCUT2D eigenvalue weighted by Crippen LogP contribution is 2.46. The lowest BCUT2D eigenvalue weighted by molar-refractivity contribution is 0.283. The van der Waals surface area contributed by atoms with E-state index in [0.717, 1.165) is 0 Å². The molecule has 0 aliphatic carbocycles. The van der Waals surface area contributed by atoms with Crippen molar-refractivity contribution in [1.29, 1.82) is 0 Å². The summed E-state index contributed by atoms with van der Waals surface area (Å²) in [7, 11) is 3.00. The van der Waals surface area contributed by atoms with E-state index in [2.05, 4.69) is 0 Å². The maximum atomic E-state index is 11.6. The highest BCUT2D eigenvalue weighted by Gasteiger charge is 2.21. The first-order valence-corrected chi connectivity index (χ1v) is 6.64. The van der Waals surface area contributed by atoms with Crippen molar-refractivity contribution in [2.24, 2.45) is 0 Å². The van der Waals surface area contributed by atoms with E-state index in [1.807, 2.05) is 13.8 Å². The summed E-state index contributed by atoms with van der Waals surface area (Å²) >= 11 is 0. The van der Waals surface area contributed by atoms with Crippen molar-refractivity contribution in [3.8, 4) is 23.0 Å². The van der Waals surface area contributed by atoms with Crippen LogP contribution in [0.15, 0.2) is 21.3 Å². The minimum atomic E-state index is -0.505. The first-order valence-electron chi connectivity index (χ1n) is 6.64. The molecular weight excluding hydrogens is 276 g/mol. The number of ether oxygens (including phenoxy) is 4. The van der Waals surface area contributed by atoms with Gasteiger partial charge in [-0.25, -0.2) is 4.79 Å².